The standard InChI is InChI=1S/C11H18N2/c1-6-8(2)7-11-9(3)10(4)12-13(11)5/h6,8H,1,7H2,2-5H3. The summed E-state index contributed by atoms with van der Waals surface area (Å²) in [5.41, 5.74) is 3.77. The number of hydrogen-bond donors (Lipinski definition) is 0. The van der Waals surface area contributed by atoms with Gasteiger partial charge in [0.15, 0.2) is 0 Å². The van der Waals surface area contributed by atoms with Crippen LogP contribution in [0.3, 0.4) is 0 Å². The summed E-state index contributed by atoms with van der Waals surface area (Å²) < 4.78 is 1.98. The predicted molar refractivity (Wildman–Crippen MR) is 55.7 cm³/mol. The van der Waals surface area contributed by atoms with E-state index in [2.05, 4.69) is 32.4 Å². The molecule has 2 nitrogen and oxygen atoms in total. The van der Waals surface area contributed by atoms with E-state index in [9.17, 15) is 0 Å². The summed E-state index contributed by atoms with van der Waals surface area (Å²) in [5.74, 6) is 0.522. The molecule has 0 N–H and O–H groups in total. The van der Waals surface area contributed by atoms with Crippen molar-refractivity contribution in [3.05, 3.63) is 29.6 Å². The lowest BCUT2D eigenvalue weighted by atomic mass is 10.0. The number of nitrogens with zero attached hydrogens (tertiary/aromatic N) is 2. The molecular weight excluding hydrogens is 160 g/mol. The van der Waals surface area contributed by atoms with Gasteiger partial charge in [0, 0.05) is 12.7 Å². The number of aryl methyl sites for hydroxylation is 2. The Labute approximate surface area is 80.3 Å². The maximum Gasteiger partial charge on any atom is 0.0625 e. The summed E-state index contributed by atoms with van der Waals surface area (Å²) in [6.07, 6.45) is 3.02. The molecule has 1 aromatic rings. The Morgan fingerprint density at radius 1 is 1.54 bits per heavy atom. The van der Waals surface area contributed by atoms with Crippen LogP contribution in [0.5, 0.6) is 0 Å². The minimum absolute atomic E-state index is 0.522. The van der Waals surface area contributed by atoms with Gasteiger partial charge in [0.2, 0.25) is 0 Å². The Kier molecular flexibility index (Phi) is 2.91. The fourth-order valence-corrected chi connectivity index (χ4v) is 1.49. The molecule has 0 bridgehead atoms. The van der Waals surface area contributed by atoms with Crippen molar-refractivity contribution in [2.24, 2.45) is 13.0 Å². The van der Waals surface area contributed by atoms with Crippen LogP contribution in [-0.2, 0) is 13.5 Å². The minimum Gasteiger partial charge on any atom is -0.272 e. The molecule has 0 aliphatic rings. The third kappa shape index (κ3) is 2.00. The molecular formula is C11H18N2. The van der Waals surface area contributed by atoms with Gasteiger partial charge in [0.05, 0.1) is 5.69 Å². The van der Waals surface area contributed by atoms with Gasteiger partial charge in [-0.3, -0.25) is 4.68 Å². The molecule has 0 radical (unpaired) electrons. The zero-order valence-corrected chi connectivity index (χ0v) is 8.96. The first-order chi connectivity index (χ1) is 6.06. The summed E-state index contributed by atoms with van der Waals surface area (Å²) in [6.45, 7) is 10.2. The molecule has 72 valence electrons. The highest BCUT2D eigenvalue weighted by atomic mass is 15.3. The monoisotopic (exact) mass is 178 g/mol. The number of allylic oxidation sites excluding steroid dienone is 1. The second-order valence-corrected chi connectivity index (χ2v) is 3.70. The zero-order valence-electron chi connectivity index (χ0n) is 8.96. The van der Waals surface area contributed by atoms with E-state index in [1.54, 1.807) is 0 Å². The molecule has 2 heteroatoms. The molecule has 1 unspecified atom stereocenters. The molecule has 0 saturated carbocycles. The van der Waals surface area contributed by atoms with Gasteiger partial charge in [-0.25, -0.2) is 0 Å². The lowest BCUT2D eigenvalue weighted by molar-refractivity contribution is 0.636. The third-order valence-corrected chi connectivity index (χ3v) is 2.58. The lowest BCUT2D eigenvalue weighted by Gasteiger charge is -2.07. The van der Waals surface area contributed by atoms with Crippen LogP contribution in [0.4, 0.5) is 0 Å². The van der Waals surface area contributed by atoms with Gasteiger partial charge in [-0.1, -0.05) is 13.0 Å². The first-order valence-corrected chi connectivity index (χ1v) is 4.68. The van der Waals surface area contributed by atoms with E-state index in [-0.39, 0.29) is 0 Å². The highest BCUT2D eigenvalue weighted by molar-refractivity contribution is 5.24. The van der Waals surface area contributed by atoms with Gasteiger partial charge in [0.25, 0.3) is 0 Å². The summed E-state index contributed by atoms with van der Waals surface area (Å²) in [7, 11) is 2.01. The largest absolute Gasteiger partial charge is 0.272 e. The van der Waals surface area contributed by atoms with Crippen LogP contribution in [-0.4, -0.2) is 9.78 Å². The number of aromatic nitrogens is 2. The van der Waals surface area contributed by atoms with Gasteiger partial charge < -0.3 is 0 Å². The maximum absolute atomic E-state index is 4.38. The molecule has 0 amide bonds. The highest BCUT2D eigenvalue weighted by Gasteiger charge is 2.10. The Bertz CT molecular complexity index is 310. The van der Waals surface area contributed by atoms with Gasteiger partial charge >= 0.3 is 0 Å². The first-order valence-electron chi connectivity index (χ1n) is 4.68. The Morgan fingerprint density at radius 2 is 2.15 bits per heavy atom. The normalized spacial score (nSPS) is 12.9. The molecule has 1 heterocycles. The smallest absolute Gasteiger partial charge is 0.0625 e. The van der Waals surface area contributed by atoms with Crippen molar-refractivity contribution in [2.75, 3.05) is 0 Å². The zero-order chi connectivity index (χ0) is 10.0. The summed E-state index contributed by atoms with van der Waals surface area (Å²) in [6, 6.07) is 0. The van der Waals surface area contributed by atoms with Gasteiger partial charge in [0.1, 0.15) is 0 Å². The van der Waals surface area contributed by atoms with Gasteiger partial charge in [-0.15, -0.1) is 6.58 Å². The third-order valence-electron chi connectivity index (χ3n) is 2.58. The van der Waals surface area contributed by atoms with E-state index in [4.69, 9.17) is 0 Å². The van der Waals surface area contributed by atoms with Gasteiger partial charge in [-0.05, 0) is 31.7 Å². The van der Waals surface area contributed by atoms with E-state index in [1.807, 2.05) is 17.8 Å². The van der Waals surface area contributed by atoms with Crippen LogP contribution in [0.1, 0.15) is 23.9 Å². The summed E-state index contributed by atoms with van der Waals surface area (Å²) in [4.78, 5) is 0. The molecule has 0 aliphatic heterocycles. The molecule has 0 spiro atoms. The van der Waals surface area contributed by atoms with Crippen molar-refractivity contribution in [3.63, 3.8) is 0 Å². The van der Waals surface area contributed by atoms with E-state index in [0.29, 0.717) is 5.92 Å². The first kappa shape index (κ1) is 10.0. The molecule has 1 aromatic heterocycles. The Morgan fingerprint density at radius 3 is 2.54 bits per heavy atom. The number of hydrogen-bond acceptors (Lipinski definition) is 1. The average molecular weight is 178 g/mol. The second kappa shape index (κ2) is 3.77. The van der Waals surface area contributed by atoms with Gasteiger partial charge in [-0.2, -0.15) is 5.10 Å². The van der Waals surface area contributed by atoms with Crippen molar-refractivity contribution < 1.29 is 0 Å². The lowest BCUT2D eigenvalue weighted by Crippen LogP contribution is -2.04. The quantitative estimate of drug-likeness (QED) is 0.650. The van der Waals surface area contributed by atoms with Crippen LogP contribution in [0.25, 0.3) is 0 Å². The van der Waals surface area contributed by atoms with Crippen molar-refractivity contribution in [3.8, 4) is 0 Å². The number of rotatable bonds is 3. The van der Waals surface area contributed by atoms with Crippen LogP contribution in [0, 0.1) is 19.8 Å². The van der Waals surface area contributed by atoms with E-state index >= 15 is 0 Å². The molecule has 0 saturated heterocycles. The Balaban J connectivity index is 2.93. The van der Waals surface area contributed by atoms with Crippen LogP contribution in [0.15, 0.2) is 12.7 Å². The molecule has 0 aliphatic carbocycles. The second-order valence-electron chi connectivity index (χ2n) is 3.70. The SMILES string of the molecule is C=CC(C)Cc1c(C)c(C)nn1C. The topological polar surface area (TPSA) is 17.8 Å². The fourth-order valence-electron chi connectivity index (χ4n) is 1.49. The van der Waals surface area contributed by atoms with E-state index in [0.717, 1.165) is 12.1 Å². The van der Waals surface area contributed by atoms with Crippen molar-refractivity contribution >= 4 is 0 Å². The van der Waals surface area contributed by atoms with E-state index < -0.39 is 0 Å². The van der Waals surface area contributed by atoms with Crippen molar-refractivity contribution in [1.29, 1.82) is 0 Å². The maximum atomic E-state index is 4.38. The molecule has 0 fully saturated rings. The molecule has 13 heavy (non-hydrogen) atoms. The predicted octanol–water partition coefficient (Wildman–Crippen LogP) is 2.40. The van der Waals surface area contributed by atoms with Crippen molar-refractivity contribution in [2.45, 2.75) is 27.2 Å². The molecule has 0 aromatic carbocycles. The minimum atomic E-state index is 0.522. The highest BCUT2D eigenvalue weighted by Crippen LogP contribution is 2.15. The van der Waals surface area contributed by atoms with Crippen molar-refractivity contribution in [1.82, 2.24) is 9.78 Å². The Hall–Kier alpha value is -1.05. The fraction of sp³-hybridized carbons (Fsp3) is 0.545. The van der Waals surface area contributed by atoms with Crippen LogP contribution in [0.2, 0.25) is 0 Å². The molecule has 1 rings (SSSR count). The molecule has 1 atom stereocenters. The van der Waals surface area contributed by atoms with Crippen LogP contribution < -0.4 is 0 Å². The summed E-state index contributed by atoms with van der Waals surface area (Å²) >= 11 is 0. The van der Waals surface area contributed by atoms with E-state index in [1.165, 1.54) is 11.3 Å². The van der Waals surface area contributed by atoms with Crippen LogP contribution >= 0.6 is 0 Å². The summed E-state index contributed by atoms with van der Waals surface area (Å²) in [5, 5.41) is 4.38. The average Bonchev–Trinajstić information content (AvgIpc) is 2.32.